The van der Waals surface area contributed by atoms with E-state index in [1.54, 1.807) is 18.5 Å². The number of carbonyl (C=O) groups excluding carboxylic acids is 1. The first-order chi connectivity index (χ1) is 8.75. The number of rotatable bonds is 2. The summed E-state index contributed by atoms with van der Waals surface area (Å²) in [5, 5.41) is 0. The van der Waals surface area contributed by atoms with Gasteiger partial charge in [0.15, 0.2) is 5.78 Å². The van der Waals surface area contributed by atoms with Crippen molar-refractivity contribution in [1.29, 1.82) is 0 Å². The summed E-state index contributed by atoms with van der Waals surface area (Å²) in [6.07, 6.45) is 5.27. The number of ketones is 1. The first kappa shape index (κ1) is 11.1. The lowest BCUT2D eigenvalue weighted by molar-refractivity contribution is 0.0958. The molecular formula is C15H14N2O. The van der Waals surface area contributed by atoms with Gasteiger partial charge in [0.1, 0.15) is 0 Å². The van der Waals surface area contributed by atoms with Crippen molar-refractivity contribution in [2.75, 3.05) is 0 Å². The molecule has 1 aliphatic carbocycles. The van der Waals surface area contributed by atoms with E-state index in [1.807, 2.05) is 19.1 Å². The Morgan fingerprint density at radius 1 is 1.28 bits per heavy atom. The van der Waals surface area contributed by atoms with Crippen LogP contribution >= 0.6 is 0 Å². The average Bonchev–Trinajstić information content (AvgIpc) is 2.82. The van der Waals surface area contributed by atoms with Crippen molar-refractivity contribution in [2.24, 2.45) is 0 Å². The average molecular weight is 238 g/mol. The Morgan fingerprint density at radius 2 is 2.17 bits per heavy atom. The van der Waals surface area contributed by atoms with Gasteiger partial charge >= 0.3 is 0 Å². The van der Waals surface area contributed by atoms with Crippen LogP contribution in [0, 0.1) is 6.92 Å². The maximum atomic E-state index is 12.5. The molecule has 0 radical (unpaired) electrons. The van der Waals surface area contributed by atoms with Crippen molar-refractivity contribution in [3.8, 4) is 0 Å². The van der Waals surface area contributed by atoms with Gasteiger partial charge in [0.05, 0.1) is 11.6 Å². The Balaban J connectivity index is 1.96. The summed E-state index contributed by atoms with van der Waals surface area (Å²) in [6.45, 7) is 1.90. The highest BCUT2D eigenvalue weighted by Gasteiger charge is 2.30. The number of hydrogen-bond donors (Lipinski definition) is 0. The standard InChI is InChI=1S/C15H14N2O/c1-10-9-12(6-8-16-10)15(18)13-5-4-11-3-2-7-17-14(11)13/h2-3,6-9,13H,4-5H2,1H3. The van der Waals surface area contributed by atoms with E-state index in [-0.39, 0.29) is 11.7 Å². The van der Waals surface area contributed by atoms with Crippen molar-refractivity contribution in [3.05, 3.63) is 59.2 Å². The fourth-order valence-electron chi connectivity index (χ4n) is 2.57. The van der Waals surface area contributed by atoms with Gasteiger partial charge in [-0.3, -0.25) is 14.8 Å². The summed E-state index contributed by atoms with van der Waals surface area (Å²) in [6, 6.07) is 7.63. The molecule has 1 atom stereocenters. The molecule has 2 aromatic heterocycles. The predicted molar refractivity (Wildman–Crippen MR) is 68.6 cm³/mol. The fourth-order valence-corrected chi connectivity index (χ4v) is 2.57. The first-order valence-electron chi connectivity index (χ1n) is 6.16. The molecule has 0 saturated carbocycles. The van der Waals surface area contributed by atoms with Gasteiger partial charge in [0, 0.05) is 23.7 Å². The maximum absolute atomic E-state index is 12.5. The molecule has 3 heteroatoms. The van der Waals surface area contributed by atoms with Crippen LogP contribution in [0.3, 0.4) is 0 Å². The summed E-state index contributed by atoms with van der Waals surface area (Å²) in [7, 11) is 0. The number of carbonyl (C=O) groups is 1. The van der Waals surface area contributed by atoms with Gasteiger partial charge in [-0.05, 0) is 43.5 Å². The molecule has 0 bridgehead atoms. The van der Waals surface area contributed by atoms with E-state index in [4.69, 9.17) is 0 Å². The van der Waals surface area contributed by atoms with Crippen LogP contribution in [-0.4, -0.2) is 15.8 Å². The number of fused-ring (bicyclic) bond motifs is 1. The lowest BCUT2D eigenvalue weighted by atomic mass is 9.95. The summed E-state index contributed by atoms with van der Waals surface area (Å²) < 4.78 is 0. The quantitative estimate of drug-likeness (QED) is 0.755. The zero-order chi connectivity index (χ0) is 12.5. The van der Waals surface area contributed by atoms with Crippen LogP contribution in [-0.2, 0) is 6.42 Å². The first-order valence-corrected chi connectivity index (χ1v) is 6.16. The molecule has 2 heterocycles. The highest BCUT2D eigenvalue weighted by Crippen LogP contribution is 2.33. The Hall–Kier alpha value is -2.03. The van der Waals surface area contributed by atoms with Crippen LogP contribution in [0.1, 0.15) is 39.6 Å². The van der Waals surface area contributed by atoms with E-state index in [0.29, 0.717) is 0 Å². The van der Waals surface area contributed by atoms with Gasteiger partial charge in [-0.25, -0.2) is 0 Å². The molecule has 0 fully saturated rings. The van der Waals surface area contributed by atoms with Crippen LogP contribution < -0.4 is 0 Å². The summed E-state index contributed by atoms with van der Waals surface area (Å²) in [5.74, 6) is 0.0842. The van der Waals surface area contributed by atoms with Crippen LogP contribution in [0.25, 0.3) is 0 Å². The molecule has 0 N–H and O–H groups in total. The van der Waals surface area contributed by atoms with Crippen LogP contribution in [0.4, 0.5) is 0 Å². The molecular weight excluding hydrogens is 224 g/mol. The van der Waals surface area contributed by atoms with Gasteiger partial charge in [-0.1, -0.05) is 6.07 Å². The molecule has 1 unspecified atom stereocenters. The molecule has 18 heavy (non-hydrogen) atoms. The topological polar surface area (TPSA) is 42.9 Å². The molecule has 1 aliphatic rings. The molecule has 0 amide bonds. The molecule has 3 rings (SSSR count). The van der Waals surface area contributed by atoms with Gasteiger partial charge < -0.3 is 0 Å². The Morgan fingerprint density at radius 3 is 3.00 bits per heavy atom. The summed E-state index contributed by atoms with van der Waals surface area (Å²) in [4.78, 5) is 21.0. The largest absolute Gasteiger partial charge is 0.293 e. The third-order valence-electron chi connectivity index (χ3n) is 3.46. The third-order valence-corrected chi connectivity index (χ3v) is 3.46. The van der Waals surface area contributed by atoms with Gasteiger partial charge in [0.2, 0.25) is 0 Å². The molecule has 0 aliphatic heterocycles. The van der Waals surface area contributed by atoms with Crippen LogP contribution in [0.15, 0.2) is 36.7 Å². The summed E-state index contributed by atoms with van der Waals surface area (Å²) in [5.41, 5.74) is 3.78. The van der Waals surface area contributed by atoms with E-state index < -0.39 is 0 Å². The van der Waals surface area contributed by atoms with E-state index in [2.05, 4.69) is 16.0 Å². The van der Waals surface area contributed by atoms with Crippen molar-refractivity contribution in [2.45, 2.75) is 25.7 Å². The van der Waals surface area contributed by atoms with E-state index in [1.165, 1.54) is 5.56 Å². The molecule has 2 aromatic rings. The van der Waals surface area contributed by atoms with E-state index >= 15 is 0 Å². The number of hydrogen-bond acceptors (Lipinski definition) is 3. The number of Topliss-reactive ketones (excluding diaryl/α,β-unsaturated/α-hetero) is 1. The minimum absolute atomic E-state index is 0.0806. The zero-order valence-corrected chi connectivity index (χ0v) is 10.3. The van der Waals surface area contributed by atoms with E-state index in [0.717, 1.165) is 29.8 Å². The lowest BCUT2D eigenvalue weighted by Gasteiger charge is -2.09. The van der Waals surface area contributed by atoms with Crippen molar-refractivity contribution in [1.82, 2.24) is 9.97 Å². The second-order valence-corrected chi connectivity index (χ2v) is 4.69. The number of nitrogens with zero attached hydrogens (tertiary/aromatic N) is 2. The molecule has 0 spiro atoms. The molecule has 3 nitrogen and oxygen atoms in total. The Kier molecular flexibility index (Phi) is 2.67. The van der Waals surface area contributed by atoms with Gasteiger partial charge in [-0.15, -0.1) is 0 Å². The number of aromatic nitrogens is 2. The smallest absolute Gasteiger partial charge is 0.172 e. The second-order valence-electron chi connectivity index (χ2n) is 4.69. The SMILES string of the molecule is Cc1cc(C(=O)C2CCc3cccnc32)ccn1. The molecule has 90 valence electrons. The highest BCUT2D eigenvalue weighted by molar-refractivity contribution is 6.01. The Labute approximate surface area is 106 Å². The predicted octanol–water partition coefficient (Wildman–Crippen LogP) is 2.70. The monoisotopic (exact) mass is 238 g/mol. The zero-order valence-electron chi connectivity index (χ0n) is 10.3. The molecule has 0 aromatic carbocycles. The lowest BCUT2D eigenvalue weighted by Crippen LogP contribution is -2.11. The van der Waals surface area contributed by atoms with Crippen LogP contribution in [0.5, 0.6) is 0 Å². The second kappa shape index (κ2) is 4.33. The minimum Gasteiger partial charge on any atom is -0.293 e. The summed E-state index contributed by atoms with van der Waals surface area (Å²) >= 11 is 0. The highest BCUT2D eigenvalue weighted by atomic mass is 16.1. The van der Waals surface area contributed by atoms with Crippen LogP contribution in [0.2, 0.25) is 0 Å². The number of pyridine rings is 2. The van der Waals surface area contributed by atoms with Crippen molar-refractivity contribution < 1.29 is 4.79 Å². The molecule has 0 saturated heterocycles. The Bertz CT molecular complexity index is 607. The van der Waals surface area contributed by atoms with Gasteiger partial charge in [-0.2, -0.15) is 0 Å². The number of aryl methyl sites for hydroxylation is 2. The fraction of sp³-hybridized carbons (Fsp3) is 0.267. The van der Waals surface area contributed by atoms with Crippen molar-refractivity contribution in [3.63, 3.8) is 0 Å². The minimum atomic E-state index is -0.0806. The maximum Gasteiger partial charge on any atom is 0.172 e. The van der Waals surface area contributed by atoms with Gasteiger partial charge in [0.25, 0.3) is 0 Å². The van der Waals surface area contributed by atoms with Crippen molar-refractivity contribution >= 4 is 5.78 Å². The normalized spacial score (nSPS) is 17.5. The third kappa shape index (κ3) is 1.82. The van der Waals surface area contributed by atoms with E-state index in [9.17, 15) is 4.79 Å².